The van der Waals surface area contributed by atoms with Gasteiger partial charge in [0.2, 0.25) is 9.84 Å². The largest absolute Gasteiger partial charge is 0.466 e. The molecule has 0 amide bonds. The van der Waals surface area contributed by atoms with Gasteiger partial charge in [-0.3, -0.25) is 0 Å². The van der Waals surface area contributed by atoms with Gasteiger partial charge < -0.3 is 8.83 Å². The Morgan fingerprint density at radius 3 is 2.32 bits per heavy atom. The third kappa shape index (κ3) is 2.35. The maximum atomic E-state index is 12.8. The first-order chi connectivity index (χ1) is 10.4. The van der Waals surface area contributed by atoms with Crippen molar-refractivity contribution in [3.05, 3.63) is 53.8 Å². The lowest BCUT2D eigenvalue weighted by molar-refractivity contribution is 0.448. The average molecular weight is 317 g/mol. The summed E-state index contributed by atoms with van der Waals surface area (Å²) in [7, 11) is -3.77. The van der Waals surface area contributed by atoms with Gasteiger partial charge in [-0.1, -0.05) is 17.7 Å². The van der Waals surface area contributed by atoms with Crippen molar-refractivity contribution in [2.24, 2.45) is 0 Å². The molecule has 3 rings (SSSR count). The number of sulfone groups is 1. The summed E-state index contributed by atoms with van der Waals surface area (Å²) in [5.74, 6) is 1.29. The van der Waals surface area contributed by atoms with Crippen molar-refractivity contribution in [1.29, 1.82) is 0 Å². The van der Waals surface area contributed by atoms with Crippen molar-refractivity contribution in [2.75, 3.05) is 0 Å². The molecule has 0 spiro atoms. The molecule has 3 aromatic rings. The van der Waals surface area contributed by atoms with Crippen LogP contribution in [-0.4, -0.2) is 13.4 Å². The summed E-state index contributed by atoms with van der Waals surface area (Å²) in [6.45, 7) is 5.46. The fourth-order valence-corrected chi connectivity index (χ4v) is 3.59. The van der Waals surface area contributed by atoms with Crippen LogP contribution < -0.4 is 0 Å². The van der Waals surface area contributed by atoms with Crippen LogP contribution in [0.4, 0.5) is 0 Å². The Bertz CT molecular complexity index is 917. The minimum absolute atomic E-state index is 0.166. The fourth-order valence-electron chi connectivity index (χ4n) is 2.30. The highest BCUT2D eigenvalue weighted by Crippen LogP contribution is 2.33. The molecule has 0 fully saturated rings. The third-order valence-corrected chi connectivity index (χ3v) is 5.08. The summed E-state index contributed by atoms with van der Waals surface area (Å²) in [5.41, 5.74) is 1.88. The predicted octanol–water partition coefficient (Wildman–Crippen LogP) is 3.69. The fraction of sp³-hybridized carbons (Fsp3) is 0.188. The second kappa shape index (κ2) is 5.14. The van der Waals surface area contributed by atoms with Crippen molar-refractivity contribution in [3.63, 3.8) is 0 Å². The Labute approximate surface area is 128 Å². The zero-order valence-electron chi connectivity index (χ0n) is 12.5. The third-order valence-electron chi connectivity index (χ3n) is 3.41. The summed E-state index contributed by atoms with van der Waals surface area (Å²) in [4.78, 5) is 4.24. The molecule has 22 heavy (non-hydrogen) atoms. The summed E-state index contributed by atoms with van der Waals surface area (Å²) < 4.78 is 36.2. The van der Waals surface area contributed by atoms with Gasteiger partial charge in [0.25, 0.3) is 5.09 Å². The first-order valence-electron chi connectivity index (χ1n) is 6.72. The Morgan fingerprint density at radius 2 is 1.73 bits per heavy atom. The second-order valence-corrected chi connectivity index (χ2v) is 6.98. The minimum Gasteiger partial charge on any atom is -0.466 e. The molecule has 0 bridgehead atoms. The van der Waals surface area contributed by atoms with Crippen LogP contribution in [0, 0.1) is 20.8 Å². The molecule has 1 aromatic carbocycles. The molecular weight excluding hydrogens is 302 g/mol. The number of aromatic nitrogens is 1. The van der Waals surface area contributed by atoms with Gasteiger partial charge in [0.05, 0.1) is 4.90 Å². The monoisotopic (exact) mass is 317 g/mol. The van der Waals surface area contributed by atoms with Gasteiger partial charge in [0.15, 0.2) is 6.39 Å². The molecular formula is C16H15NO4S. The van der Waals surface area contributed by atoms with E-state index in [2.05, 4.69) is 4.98 Å². The van der Waals surface area contributed by atoms with E-state index in [1.54, 1.807) is 44.2 Å². The van der Waals surface area contributed by atoms with Crippen LogP contribution in [0.15, 0.2) is 55.5 Å². The van der Waals surface area contributed by atoms with Crippen LogP contribution in [0.1, 0.15) is 17.1 Å². The zero-order chi connectivity index (χ0) is 15.9. The maximum Gasteiger partial charge on any atom is 0.251 e. The molecule has 0 aliphatic rings. The van der Waals surface area contributed by atoms with Gasteiger partial charge in [-0.2, -0.15) is 0 Å². The molecule has 0 aliphatic heterocycles. The molecule has 0 radical (unpaired) electrons. The van der Waals surface area contributed by atoms with E-state index in [1.807, 2.05) is 6.92 Å². The zero-order valence-corrected chi connectivity index (χ0v) is 13.3. The molecule has 2 heterocycles. The number of hydrogen-bond acceptors (Lipinski definition) is 5. The van der Waals surface area contributed by atoms with Crippen molar-refractivity contribution < 1.29 is 17.3 Å². The van der Waals surface area contributed by atoms with Crippen molar-refractivity contribution in [1.82, 2.24) is 4.98 Å². The van der Waals surface area contributed by atoms with Gasteiger partial charge >= 0.3 is 0 Å². The summed E-state index contributed by atoms with van der Waals surface area (Å²) >= 11 is 0. The molecule has 6 heteroatoms. The maximum absolute atomic E-state index is 12.8. The molecule has 114 valence electrons. The highest BCUT2D eigenvalue weighted by molar-refractivity contribution is 7.91. The first kappa shape index (κ1) is 14.6. The molecule has 2 aromatic heterocycles. The van der Waals surface area contributed by atoms with Crippen LogP contribution in [-0.2, 0) is 9.84 Å². The Hall–Kier alpha value is -2.34. The van der Waals surface area contributed by atoms with Crippen molar-refractivity contribution in [3.8, 4) is 11.3 Å². The van der Waals surface area contributed by atoms with E-state index in [0.29, 0.717) is 17.1 Å². The SMILES string of the molecule is Cc1ccc(S(=O)(=O)c2ocnc2-c2cc(C)oc2C)cc1. The average Bonchev–Trinajstić information content (AvgIpc) is 3.05. The number of nitrogens with zero attached hydrogens (tertiary/aromatic N) is 1. The normalized spacial score (nSPS) is 11.8. The number of benzene rings is 1. The van der Waals surface area contributed by atoms with Gasteiger partial charge in [-0.25, -0.2) is 13.4 Å². The Morgan fingerprint density at radius 1 is 1.05 bits per heavy atom. The minimum atomic E-state index is -3.77. The predicted molar refractivity (Wildman–Crippen MR) is 80.3 cm³/mol. The standard InChI is InChI=1S/C16H15NO4S/c1-10-4-6-13(7-5-10)22(18,19)16-15(17-9-20-16)14-8-11(2)21-12(14)3/h4-9H,1-3H3. The summed E-state index contributed by atoms with van der Waals surface area (Å²) in [6, 6.07) is 8.36. The van der Waals surface area contributed by atoms with Gasteiger partial charge in [0, 0.05) is 5.56 Å². The number of aryl methyl sites for hydroxylation is 3. The van der Waals surface area contributed by atoms with Crippen LogP contribution in [0.3, 0.4) is 0 Å². The Kier molecular flexibility index (Phi) is 3.41. The van der Waals surface area contributed by atoms with E-state index in [1.165, 1.54) is 0 Å². The van der Waals surface area contributed by atoms with E-state index in [-0.39, 0.29) is 15.7 Å². The van der Waals surface area contributed by atoms with E-state index >= 15 is 0 Å². The molecule has 0 unspecified atom stereocenters. The lowest BCUT2D eigenvalue weighted by atomic mass is 10.2. The highest BCUT2D eigenvalue weighted by atomic mass is 32.2. The topological polar surface area (TPSA) is 73.3 Å². The molecule has 0 N–H and O–H groups in total. The molecule has 0 saturated heterocycles. The van der Waals surface area contributed by atoms with E-state index in [4.69, 9.17) is 8.83 Å². The number of oxazole rings is 1. The number of rotatable bonds is 3. The van der Waals surface area contributed by atoms with Crippen LogP contribution in [0.5, 0.6) is 0 Å². The molecule has 0 atom stereocenters. The summed E-state index contributed by atoms with van der Waals surface area (Å²) in [5, 5.41) is -0.166. The van der Waals surface area contributed by atoms with Gasteiger partial charge in [0.1, 0.15) is 17.2 Å². The smallest absolute Gasteiger partial charge is 0.251 e. The van der Waals surface area contributed by atoms with E-state index in [9.17, 15) is 8.42 Å². The number of furan rings is 1. The first-order valence-corrected chi connectivity index (χ1v) is 8.20. The van der Waals surface area contributed by atoms with E-state index < -0.39 is 9.84 Å². The lowest BCUT2D eigenvalue weighted by Crippen LogP contribution is -2.02. The van der Waals surface area contributed by atoms with Crippen LogP contribution in [0.25, 0.3) is 11.3 Å². The quantitative estimate of drug-likeness (QED) is 0.736. The Balaban J connectivity index is 2.16. The van der Waals surface area contributed by atoms with Gasteiger partial charge in [-0.15, -0.1) is 0 Å². The van der Waals surface area contributed by atoms with Crippen molar-refractivity contribution >= 4 is 9.84 Å². The van der Waals surface area contributed by atoms with Crippen LogP contribution in [0.2, 0.25) is 0 Å². The molecule has 0 aliphatic carbocycles. The highest BCUT2D eigenvalue weighted by Gasteiger charge is 2.28. The second-order valence-electron chi connectivity index (χ2n) is 5.13. The summed E-state index contributed by atoms with van der Waals surface area (Å²) in [6.07, 6.45) is 1.14. The molecule has 5 nitrogen and oxygen atoms in total. The molecule has 0 saturated carbocycles. The van der Waals surface area contributed by atoms with E-state index in [0.717, 1.165) is 12.0 Å². The lowest BCUT2D eigenvalue weighted by Gasteiger charge is -2.03. The van der Waals surface area contributed by atoms with Crippen molar-refractivity contribution in [2.45, 2.75) is 30.8 Å². The number of hydrogen-bond donors (Lipinski definition) is 0. The van der Waals surface area contributed by atoms with Crippen LogP contribution >= 0.6 is 0 Å². The van der Waals surface area contributed by atoms with Gasteiger partial charge in [-0.05, 0) is 39.0 Å².